The van der Waals surface area contributed by atoms with Crippen molar-refractivity contribution < 1.29 is 14.7 Å². The summed E-state index contributed by atoms with van der Waals surface area (Å²) in [5.41, 5.74) is 3.58. The van der Waals surface area contributed by atoms with Gasteiger partial charge in [0.1, 0.15) is 5.76 Å². The summed E-state index contributed by atoms with van der Waals surface area (Å²) in [6.07, 6.45) is 0. The fraction of sp³-hybridized carbons (Fsp3) is 0.154. The molecule has 3 aromatic carbocycles. The van der Waals surface area contributed by atoms with E-state index in [4.69, 9.17) is 11.6 Å². The molecule has 1 amide bonds. The Hall–Kier alpha value is -3.57. The van der Waals surface area contributed by atoms with Crippen LogP contribution in [0.1, 0.15) is 22.7 Å². The number of rotatable bonds is 4. The number of amides is 1. The zero-order chi connectivity index (χ0) is 23.0. The number of aryl methyl sites for hydroxylation is 1. The maximum atomic E-state index is 13.2. The number of Topliss-reactive ketones (excluding diaryl/α,β-unsaturated/α-hetero) is 1. The van der Waals surface area contributed by atoms with Crippen LogP contribution in [-0.4, -0.2) is 30.9 Å². The zero-order valence-electron chi connectivity index (χ0n) is 18.0. The van der Waals surface area contributed by atoms with Gasteiger partial charge in [-0.3, -0.25) is 14.5 Å². The number of nitrogens with zero attached hydrogens (tertiary/aromatic N) is 2. The van der Waals surface area contributed by atoms with E-state index in [1.807, 2.05) is 56.3 Å². The molecule has 32 heavy (non-hydrogen) atoms. The van der Waals surface area contributed by atoms with E-state index in [9.17, 15) is 14.7 Å². The smallest absolute Gasteiger partial charge is 0.300 e. The molecule has 0 spiro atoms. The van der Waals surface area contributed by atoms with Gasteiger partial charge in [-0.05, 0) is 42.3 Å². The highest BCUT2D eigenvalue weighted by Crippen LogP contribution is 2.43. The highest BCUT2D eigenvalue weighted by atomic mass is 35.5. The van der Waals surface area contributed by atoms with Crippen molar-refractivity contribution in [3.63, 3.8) is 0 Å². The summed E-state index contributed by atoms with van der Waals surface area (Å²) in [4.78, 5) is 29.7. The first-order chi connectivity index (χ1) is 15.3. The molecule has 5 nitrogen and oxygen atoms in total. The lowest BCUT2D eigenvalue weighted by Crippen LogP contribution is -2.29. The quantitative estimate of drug-likeness (QED) is 0.334. The van der Waals surface area contributed by atoms with Gasteiger partial charge in [-0.15, -0.1) is 0 Å². The average Bonchev–Trinajstić information content (AvgIpc) is 3.06. The van der Waals surface area contributed by atoms with Crippen molar-refractivity contribution in [2.75, 3.05) is 23.9 Å². The summed E-state index contributed by atoms with van der Waals surface area (Å²) >= 11 is 6.33. The van der Waals surface area contributed by atoms with Crippen LogP contribution in [0.15, 0.2) is 78.4 Å². The average molecular weight is 447 g/mol. The Morgan fingerprint density at radius 3 is 2.22 bits per heavy atom. The van der Waals surface area contributed by atoms with E-state index >= 15 is 0 Å². The van der Waals surface area contributed by atoms with Crippen LogP contribution in [0, 0.1) is 6.92 Å². The number of carbonyl (C=O) groups excluding carboxylic acids is 2. The predicted molar refractivity (Wildman–Crippen MR) is 128 cm³/mol. The van der Waals surface area contributed by atoms with Gasteiger partial charge in [-0.25, -0.2) is 0 Å². The van der Waals surface area contributed by atoms with E-state index in [0.717, 1.165) is 11.3 Å². The number of aliphatic hydroxyl groups excluding tert-OH is 1. The topological polar surface area (TPSA) is 60.9 Å². The summed E-state index contributed by atoms with van der Waals surface area (Å²) < 4.78 is 0. The molecule has 0 aliphatic carbocycles. The van der Waals surface area contributed by atoms with Crippen molar-refractivity contribution >= 4 is 40.4 Å². The third kappa shape index (κ3) is 3.76. The lowest BCUT2D eigenvalue weighted by molar-refractivity contribution is -0.132. The lowest BCUT2D eigenvalue weighted by Gasteiger charge is -2.26. The number of hydrogen-bond acceptors (Lipinski definition) is 4. The molecular formula is C26H23ClN2O3. The van der Waals surface area contributed by atoms with Crippen molar-refractivity contribution in [3.8, 4) is 0 Å². The Morgan fingerprint density at radius 1 is 0.969 bits per heavy atom. The van der Waals surface area contributed by atoms with E-state index in [-0.39, 0.29) is 11.3 Å². The van der Waals surface area contributed by atoms with Gasteiger partial charge in [-0.2, -0.15) is 0 Å². The van der Waals surface area contributed by atoms with Gasteiger partial charge in [0.05, 0.1) is 11.6 Å². The fourth-order valence-corrected chi connectivity index (χ4v) is 4.03. The number of hydrogen-bond donors (Lipinski definition) is 1. The van der Waals surface area contributed by atoms with Crippen LogP contribution in [0.4, 0.5) is 11.4 Å². The van der Waals surface area contributed by atoms with Crippen LogP contribution in [0.25, 0.3) is 5.76 Å². The van der Waals surface area contributed by atoms with Crippen LogP contribution in [0.2, 0.25) is 5.02 Å². The second-order valence-electron chi connectivity index (χ2n) is 7.95. The minimum atomic E-state index is -0.787. The number of ketones is 1. The Bertz CT molecular complexity index is 1220. The predicted octanol–water partition coefficient (Wildman–Crippen LogP) is 5.34. The Morgan fingerprint density at radius 2 is 1.62 bits per heavy atom. The number of benzene rings is 3. The van der Waals surface area contributed by atoms with Crippen molar-refractivity contribution in [3.05, 3.63) is 100 Å². The molecule has 4 rings (SSSR count). The monoisotopic (exact) mass is 446 g/mol. The van der Waals surface area contributed by atoms with Gasteiger partial charge in [-0.1, -0.05) is 60.1 Å². The van der Waals surface area contributed by atoms with Crippen LogP contribution < -0.4 is 9.80 Å². The molecule has 1 fully saturated rings. The number of carbonyl (C=O) groups is 2. The number of halogens is 1. The summed E-state index contributed by atoms with van der Waals surface area (Å²) in [6.45, 7) is 1.87. The normalized spacial score (nSPS) is 17.6. The van der Waals surface area contributed by atoms with E-state index in [2.05, 4.69) is 0 Å². The van der Waals surface area contributed by atoms with Gasteiger partial charge in [0.2, 0.25) is 0 Å². The van der Waals surface area contributed by atoms with Crippen molar-refractivity contribution in [2.24, 2.45) is 0 Å². The summed E-state index contributed by atoms with van der Waals surface area (Å²) in [5, 5.41) is 11.6. The fourth-order valence-electron chi connectivity index (χ4n) is 3.85. The zero-order valence-corrected chi connectivity index (χ0v) is 18.8. The maximum absolute atomic E-state index is 13.2. The summed E-state index contributed by atoms with van der Waals surface area (Å²) in [5.74, 6) is -1.64. The Labute approximate surface area is 192 Å². The molecular weight excluding hydrogens is 424 g/mol. The largest absolute Gasteiger partial charge is 0.507 e. The molecule has 6 heteroatoms. The molecule has 3 aromatic rings. The van der Waals surface area contributed by atoms with E-state index < -0.39 is 17.7 Å². The van der Waals surface area contributed by atoms with Crippen LogP contribution in [-0.2, 0) is 9.59 Å². The number of aliphatic hydroxyl groups is 1. The maximum Gasteiger partial charge on any atom is 0.300 e. The van der Waals surface area contributed by atoms with Gasteiger partial charge in [0, 0.05) is 36.1 Å². The van der Waals surface area contributed by atoms with Crippen molar-refractivity contribution in [1.29, 1.82) is 0 Å². The second-order valence-corrected chi connectivity index (χ2v) is 8.36. The van der Waals surface area contributed by atoms with Gasteiger partial charge >= 0.3 is 0 Å². The molecule has 1 saturated heterocycles. The van der Waals surface area contributed by atoms with Crippen LogP contribution in [0.5, 0.6) is 0 Å². The minimum absolute atomic E-state index is 0.0514. The summed E-state index contributed by atoms with van der Waals surface area (Å²) in [6, 6.07) is 20.8. The standard InChI is InChI=1S/C26H23ClN2O3/c1-16-9-12-20(15-21(16)27)29-23(17-10-13-19(14-11-17)28(2)3)22(25(31)26(29)32)24(30)18-7-5-4-6-8-18/h4-15,23,30H,1-3H3/t23-/m1/s1. The molecule has 0 saturated carbocycles. The first-order valence-corrected chi connectivity index (χ1v) is 10.6. The third-order valence-corrected chi connectivity index (χ3v) is 6.06. The third-order valence-electron chi connectivity index (χ3n) is 5.65. The first kappa shape index (κ1) is 21.7. The minimum Gasteiger partial charge on any atom is -0.507 e. The highest BCUT2D eigenvalue weighted by molar-refractivity contribution is 6.51. The molecule has 1 aliphatic heterocycles. The molecule has 162 valence electrons. The van der Waals surface area contributed by atoms with Crippen LogP contribution in [0.3, 0.4) is 0 Å². The van der Waals surface area contributed by atoms with E-state index in [1.54, 1.807) is 42.5 Å². The van der Waals surface area contributed by atoms with Gasteiger partial charge in [0.15, 0.2) is 0 Å². The first-order valence-electron chi connectivity index (χ1n) is 10.2. The van der Waals surface area contributed by atoms with Crippen molar-refractivity contribution in [1.82, 2.24) is 0 Å². The Kier molecular flexibility index (Phi) is 5.76. The van der Waals surface area contributed by atoms with Crippen molar-refractivity contribution in [2.45, 2.75) is 13.0 Å². The molecule has 0 unspecified atom stereocenters. The number of anilines is 2. The highest BCUT2D eigenvalue weighted by Gasteiger charge is 2.47. The summed E-state index contributed by atoms with van der Waals surface area (Å²) in [7, 11) is 3.87. The van der Waals surface area contributed by atoms with E-state index in [1.165, 1.54) is 4.90 Å². The molecule has 0 radical (unpaired) electrons. The SMILES string of the molecule is Cc1ccc(N2C(=O)C(=O)C(=C(O)c3ccccc3)[C@H]2c2ccc(N(C)C)cc2)cc1Cl. The molecule has 1 heterocycles. The Balaban J connectivity index is 1.93. The molecule has 0 bridgehead atoms. The molecule has 1 aliphatic rings. The van der Waals surface area contributed by atoms with Crippen LogP contribution >= 0.6 is 11.6 Å². The van der Waals surface area contributed by atoms with Gasteiger partial charge in [0.25, 0.3) is 11.7 Å². The lowest BCUT2D eigenvalue weighted by atomic mass is 9.95. The molecule has 0 aromatic heterocycles. The molecule has 1 N–H and O–H groups in total. The molecule has 1 atom stereocenters. The van der Waals surface area contributed by atoms with E-state index in [0.29, 0.717) is 21.8 Å². The second kappa shape index (κ2) is 8.52. The van der Waals surface area contributed by atoms with Gasteiger partial charge < -0.3 is 10.0 Å².